The zero-order valence-corrected chi connectivity index (χ0v) is 11.1. The van der Waals surface area contributed by atoms with Crippen molar-refractivity contribution < 1.29 is 9.18 Å². The highest BCUT2D eigenvalue weighted by molar-refractivity contribution is 6.31. The third-order valence-corrected chi connectivity index (χ3v) is 3.74. The molecule has 1 saturated carbocycles. The maximum Gasteiger partial charge on any atom is 0.223 e. The lowest BCUT2D eigenvalue weighted by Gasteiger charge is -2.03. The summed E-state index contributed by atoms with van der Waals surface area (Å²) < 4.78 is 13.3. The van der Waals surface area contributed by atoms with E-state index in [4.69, 9.17) is 11.6 Å². The van der Waals surface area contributed by atoms with Crippen molar-refractivity contribution in [2.45, 2.75) is 19.3 Å². The van der Waals surface area contributed by atoms with E-state index in [1.165, 1.54) is 6.07 Å². The highest BCUT2D eigenvalue weighted by Gasteiger charge is 2.29. The first kappa shape index (κ1) is 12.5. The van der Waals surface area contributed by atoms with Crippen LogP contribution < -0.4 is 5.32 Å². The molecule has 1 aliphatic carbocycles. The van der Waals surface area contributed by atoms with E-state index in [1.807, 2.05) is 6.20 Å². The van der Waals surface area contributed by atoms with Gasteiger partial charge in [-0.2, -0.15) is 0 Å². The Labute approximate surface area is 115 Å². The Hall–Kier alpha value is -1.55. The molecule has 100 valence electrons. The molecule has 1 aromatic heterocycles. The number of aromatic nitrogens is 1. The van der Waals surface area contributed by atoms with Crippen molar-refractivity contribution in [2.24, 2.45) is 5.92 Å². The topological polar surface area (TPSA) is 44.9 Å². The Bertz CT molecular complexity index is 634. The van der Waals surface area contributed by atoms with Crippen LogP contribution in [0.15, 0.2) is 18.3 Å². The van der Waals surface area contributed by atoms with Crippen LogP contribution in [0.5, 0.6) is 0 Å². The molecule has 0 unspecified atom stereocenters. The molecule has 1 amide bonds. The molecular weight excluding hydrogens is 267 g/mol. The lowest BCUT2D eigenvalue weighted by atomic mass is 10.1. The number of nitrogens with one attached hydrogen (secondary N) is 2. The molecular formula is C14H14ClFN2O. The lowest BCUT2D eigenvalue weighted by Crippen LogP contribution is -2.26. The molecule has 5 heteroatoms. The van der Waals surface area contributed by atoms with Gasteiger partial charge in [-0.15, -0.1) is 0 Å². The normalized spacial score (nSPS) is 14.8. The number of hydrogen-bond donors (Lipinski definition) is 2. The number of fused-ring (bicyclic) bond motifs is 1. The van der Waals surface area contributed by atoms with Gasteiger partial charge in [0.05, 0.1) is 5.02 Å². The standard InChI is InChI=1S/C14H14ClFN2O/c15-11-5-10-9(7-18-13(10)6-12(11)16)3-4-17-14(19)8-1-2-8/h5-8,18H,1-4H2,(H,17,19). The van der Waals surface area contributed by atoms with Crippen LogP contribution in [0.4, 0.5) is 4.39 Å². The van der Waals surface area contributed by atoms with Gasteiger partial charge in [-0.1, -0.05) is 11.6 Å². The Morgan fingerprint density at radius 2 is 2.26 bits per heavy atom. The minimum absolute atomic E-state index is 0.121. The highest BCUT2D eigenvalue weighted by atomic mass is 35.5. The number of benzene rings is 1. The van der Waals surface area contributed by atoms with Crippen molar-refractivity contribution in [3.05, 3.63) is 34.7 Å². The van der Waals surface area contributed by atoms with Gasteiger partial charge in [0.15, 0.2) is 0 Å². The van der Waals surface area contributed by atoms with Crippen LogP contribution in [-0.2, 0) is 11.2 Å². The van der Waals surface area contributed by atoms with Gasteiger partial charge in [-0.05, 0) is 37.0 Å². The van der Waals surface area contributed by atoms with Gasteiger partial charge in [0.2, 0.25) is 5.91 Å². The first-order valence-corrected chi connectivity index (χ1v) is 6.75. The Morgan fingerprint density at radius 1 is 1.47 bits per heavy atom. The van der Waals surface area contributed by atoms with E-state index >= 15 is 0 Å². The molecule has 2 aromatic rings. The third-order valence-electron chi connectivity index (χ3n) is 3.45. The Morgan fingerprint density at radius 3 is 3.00 bits per heavy atom. The SMILES string of the molecule is O=C(NCCc1c[nH]c2cc(F)c(Cl)cc12)C1CC1. The predicted molar refractivity (Wildman–Crippen MR) is 72.7 cm³/mol. The minimum atomic E-state index is -0.426. The fraction of sp³-hybridized carbons (Fsp3) is 0.357. The molecule has 1 aliphatic rings. The summed E-state index contributed by atoms with van der Waals surface area (Å²) in [5.41, 5.74) is 1.76. The zero-order valence-electron chi connectivity index (χ0n) is 10.3. The lowest BCUT2D eigenvalue weighted by molar-refractivity contribution is -0.122. The van der Waals surface area contributed by atoms with Gasteiger partial charge in [0.1, 0.15) is 5.82 Å². The van der Waals surface area contributed by atoms with Crippen molar-refractivity contribution in [3.63, 3.8) is 0 Å². The molecule has 0 spiro atoms. The van der Waals surface area contributed by atoms with Crippen LogP contribution in [-0.4, -0.2) is 17.4 Å². The molecule has 3 nitrogen and oxygen atoms in total. The fourth-order valence-corrected chi connectivity index (χ4v) is 2.36. The zero-order chi connectivity index (χ0) is 13.4. The van der Waals surface area contributed by atoms with Crippen LogP contribution >= 0.6 is 11.6 Å². The third kappa shape index (κ3) is 2.59. The Balaban J connectivity index is 1.70. The van der Waals surface area contributed by atoms with E-state index in [9.17, 15) is 9.18 Å². The van der Waals surface area contributed by atoms with Crippen LogP contribution in [0.1, 0.15) is 18.4 Å². The first-order chi connectivity index (χ1) is 9.15. The maximum absolute atomic E-state index is 13.3. The summed E-state index contributed by atoms with van der Waals surface area (Å²) in [5.74, 6) is -0.0555. The summed E-state index contributed by atoms with van der Waals surface area (Å²) in [6.07, 6.45) is 4.56. The molecule has 1 fully saturated rings. The molecule has 0 bridgehead atoms. The van der Waals surface area contributed by atoms with Crippen LogP contribution in [0, 0.1) is 11.7 Å². The van der Waals surface area contributed by atoms with E-state index in [2.05, 4.69) is 10.3 Å². The molecule has 0 aliphatic heterocycles. The number of carbonyl (C=O) groups is 1. The largest absolute Gasteiger partial charge is 0.361 e. The smallest absolute Gasteiger partial charge is 0.223 e. The van der Waals surface area contributed by atoms with Crippen molar-refractivity contribution in [1.82, 2.24) is 10.3 Å². The van der Waals surface area contributed by atoms with E-state index in [0.29, 0.717) is 13.0 Å². The van der Waals surface area contributed by atoms with E-state index in [-0.39, 0.29) is 16.8 Å². The van der Waals surface area contributed by atoms with Crippen molar-refractivity contribution >= 4 is 28.4 Å². The minimum Gasteiger partial charge on any atom is -0.361 e. The van der Waals surface area contributed by atoms with E-state index in [0.717, 1.165) is 29.3 Å². The van der Waals surface area contributed by atoms with Crippen molar-refractivity contribution in [3.8, 4) is 0 Å². The molecule has 0 radical (unpaired) electrons. The first-order valence-electron chi connectivity index (χ1n) is 6.38. The van der Waals surface area contributed by atoms with Gasteiger partial charge >= 0.3 is 0 Å². The number of aromatic amines is 1. The molecule has 0 atom stereocenters. The summed E-state index contributed by atoms with van der Waals surface area (Å²) in [5, 5.41) is 3.94. The molecule has 3 rings (SSSR count). The van der Waals surface area contributed by atoms with Gasteiger partial charge in [-0.25, -0.2) is 4.39 Å². The number of rotatable bonds is 4. The van der Waals surface area contributed by atoms with Gasteiger partial charge in [0.25, 0.3) is 0 Å². The number of H-pyrrole nitrogens is 1. The second kappa shape index (κ2) is 4.85. The van der Waals surface area contributed by atoms with Crippen molar-refractivity contribution in [1.29, 1.82) is 0 Å². The summed E-state index contributed by atoms with van der Waals surface area (Å²) in [6.45, 7) is 0.595. The molecule has 19 heavy (non-hydrogen) atoms. The molecule has 0 saturated heterocycles. The second-order valence-corrected chi connectivity index (χ2v) is 5.35. The highest BCUT2D eigenvalue weighted by Crippen LogP contribution is 2.29. The number of hydrogen-bond acceptors (Lipinski definition) is 1. The van der Waals surface area contributed by atoms with E-state index in [1.54, 1.807) is 6.07 Å². The molecule has 1 heterocycles. The number of carbonyl (C=O) groups excluding carboxylic acids is 1. The average Bonchev–Trinajstić information content (AvgIpc) is 3.16. The molecule has 1 aromatic carbocycles. The maximum atomic E-state index is 13.3. The predicted octanol–water partition coefficient (Wildman–Crippen LogP) is 3.03. The summed E-state index contributed by atoms with van der Waals surface area (Å²) in [4.78, 5) is 14.5. The second-order valence-electron chi connectivity index (χ2n) is 4.94. The quantitative estimate of drug-likeness (QED) is 0.888. The summed E-state index contributed by atoms with van der Waals surface area (Å²) in [6, 6.07) is 3.02. The average molecular weight is 281 g/mol. The van der Waals surface area contributed by atoms with Crippen LogP contribution in [0.2, 0.25) is 5.02 Å². The van der Waals surface area contributed by atoms with Crippen LogP contribution in [0.3, 0.4) is 0 Å². The number of halogens is 2. The Kier molecular flexibility index (Phi) is 3.19. The van der Waals surface area contributed by atoms with Gasteiger partial charge < -0.3 is 10.3 Å². The van der Waals surface area contributed by atoms with Crippen molar-refractivity contribution in [2.75, 3.05) is 6.54 Å². The van der Waals surface area contributed by atoms with Gasteiger partial charge in [0, 0.05) is 29.6 Å². The number of amides is 1. The van der Waals surface area contributed by atoms with Gasteiger partial charge in [-0.3, -0.25) is 4.79 Å². The fourth-order valence-electron chi connectivity index (χ4n) is 2.19. The summed E-state index contributed by atoms with van der Waals surface area (Å²) >= 11 is 5.79. The van der Waals surface area contributed by atoms with Crippen LogP contribution in [0.25, 0.3) is 10.9 Å². The van der Waals surface area contributed by atoms with E-state index < -0.39 is 5.82 Å². The summed E-state index contributed by atoms with van der Waals surface area (Å²) in [7, 11) is 0. The monoisotopic (exact) mass is 280 g/mol. The molecule has 2 N–H and O–H groups in total.